The SMILES string of the molecule is O=c1oc2cc(O[C@@H]3O[C@H](CO)[C@H](O)[C@H](O)[C@H]3O)ccc2c(C(F)(F)F)c1Cl. The summed E-state index contributed by atoms with van der Waals surface area (Å²) in [5.74, 6) is -0.171. The Labute approximate surface area is 159 Å². The molecule has 0 radical (unpaired) electrons. The summed E-state index contributed by atoms with van der Waals surface area (Å²) < 4.78 is 54.9. The number of alkyl halides is 3. The summed E-state index contributed by atoms with van der Waals surface area (Å²) in [5.41, 5.74) is -3.24. The summed E-state index contributed by atoms with van der Waals surface area (Å²) in [6.07, 6.45) is -12.7. The lowest BCUT2D eigenvalue weighted by molar-refractivity contribution is -0.277. The van der Waals surface area contributed by atoms with Gasteiger partial charge in [-0.15, -0.1) is 0 Å². The largest absolute Gasteiger partial charge is 0.462 e. The highest BCUT2D eigenvalue weighted by atomic mass is 35.5. The third kappa shape index (κ3) is 3.69. The van der Waals surface area contributed by atoms with Gasteiger partial charge in [0.25, 0.3) is 0 Å². The minimum absolute atomic E-state index is 0.171. The highest BCUT2D eigenvalue weighted by molar-refractivity contribution is 6.32. The van der Waals surface area contributed by atoms with E-state index in [0.29, 0.717) is 0 Å². The lowest BCUT2D eigenvalue weighted by atomic mass is 9.99. The number of fused-ring (bicyclic) bond motifs is 1. The van der Waals surface area contributed by atoms with Crippen LogP contribution in [0.1, 0.15) is 5.56 Å². The van der Waals surface area contributed by atoms with Gasteiger partial charge in [-0.25, -0.2) is 4.79 Å². The molecule has 4 N–H and O–H groups in total. The number of benzene rings is 1. The smallest absolute Gasteiger partial charge is 0.418 e. The third-order valence-electron chi connectivity index (χ3n) is 4.21. The zero-order valence-corrected chi connectivity index (χ0v) is 14.5. The molecule has 0 spiro atoms. The summed E-state index contributed by atoms with van der Waals surface area (Å²) >= 11 is 5.45. The predicted molar refractivity (Wildman–Crippen MR) is 86.9 cm³/mol. The molecular weight excluding hydrogens is 413 g/mol. The van der Waals surface area contributed by atoms with Crippen molar-refractivity contribution >= 4 is 22.6 Å². The van der Waals surface area contributed by atoms with Gasteiger partial charge in [0, 0.05) is 11.5 Å². The van der Waals surface area contributed by atoms with Gasteiger partial charge in [-0.1, -0.05) is 11.6 Å². The second kappa shape index (κ2) is 7.50. The summed E-state index contributed by atoms with van der Waals surface area (Å²) in [5, 5.41) is 37.0. The van der Waals surface area contributed by atoms with Crippen LogP contribution in [0.5, 0.6) is 5.75 Å². The van der Waals surface area contributed by atoms with Gasteiger partial charge in [-0.3, -0.25) is 0 Å². The van der Waals surface area contributed by atoms with Crippen LogP contribution in [0.25, 0.3) is 11.0 Å². The number of hydrogen-bond acceptors (Lipinski definition) is 8. The molecule has 5 atom stereocenters. The average molecular weight is 427 g/mol. The number of aliphatic hydroxyl groups excluding tert-OH is 4. The Hall–Kier alpha value is -1.89. The van der Waals surface area contributed by atoms with Crippen LogP contribution < -0.4 is 10.4 Å². The zero-order valence-electron chi connectivity index (χ0n) is 13.8. The molecule has 1 fully saturated rings. The third-order valence-corrected chi connectivity index (χ3v) is 4.55. The average Bonchev–Trinajstić information content (AvgIpc) is 2.62. The molecule has 2 heterocycles. The Kier molecular flexibility index (Phi) is 5.58. The Morgan fingerprint density at radius 1 is 1.14 bits per heavy atom. The maximum absolute atomic E-state index is 13.2. The fraction of sp³-hybridized carbons (Fsp3) is 0.438. The van der Waals surface area contributed by atoms with Crippen molar-refractivity contribution in [3.05, 3.63) is 39.2 Å². The molecule has 0 saturated carbocycles. The molecule has 0 unspecified atom stereocenters. The summed E-state index contributed by atoms with van der Waals surface area (Å²) in [6, 6.07) is 2.98. The van der Waals surface area contributed by atoms with Gasteiger partial charge in [0.1, 0.15) is 40.8 Å². The van der Waals surface area contributed by atoms with Gasteiger partial charge in [-0.05, 0) is 12.1 Å². The minimum Gasteiger partial charge on any atom is -0.462 e. The van der Waals surface area contributed by atoms with Crippen molar-refractivity contribution in [2.24, 2.45) is 0 Å². The van der Waals surface area contributed by atoms with Crippen molar-refractivity contribution in [3.63, 3.8) is 0 Å². The van der Waals surface area contributed by atoms with E-state index in [9.17, 15) is 33.3 Å². The van der Waals surface area contributed by atoms with Gasteiger partial charge < -0.3 is 34.3 Å². The maximum atomic E-state index is 13.2. The van der Waals surface area contributed by atoms with Crippen LogP contribution in [0.4, 0.5) is 13.2 Å². The highest BCUT2D eigenvalue weighted by Gasteiger charge is 2.45. The second-order valence-corrected chi connectivity index (χ2v) is 6.43. The molecule has 1 aromatic heterocycles. The van der Waals surface area contributed by atoms with Gasteiger partial charge in [0.05, 0.1) is 12.2 Å². The summed E-state index contributed by atoms with van der Waals surface area (Å²) in [4.78, 5) is 11.6. The Morgan fingerprint density at radius 2 is 1.82 bits per heavy atom. The molecule has 0 aliphatic carbocycles. The van der Waals surface area contributed by atoms with Gasteiger partial charge >= 0.3 is 11.8 Å². The molecule has 1 aromatic carbocycles. The molecule has 1 aliphatic heterocycles. The molecule has 3 rings (SSSR count). The Morgan fingerprint density at radius 3 is 2.43 bits per heavy atom. The molecule has 1 saturated heterocycles. The first kappa shape index (κ1) is 20.8. The molecular formula is C16H14ClF3O8. The number of aliphatic hydroxyl groups is 4. The first-order valence-corrected chi connectivity index (χ1v) is 8.23. The van der Waals surface area contributed by atoms with E-state index >= 15 is 0 Å². The van der Waals surface area contributed by atoms with E-state index in [1.54, 1.807) is 0 Å². The summed E-state index contributed by atoms with van der Waals surface area (Å²) in [7, 11) is 0. The molecule has 0 amide bonds. The van der Waals surface area contributed by atoms with Gasteiger partial charge in [0.2, 0.25) is 6.29 Å². The normalized spacial score (nSPS) is 28.5. The molecule has 154 valence electrons. The van der Waals surface area contributed by atoms with Gasteiger partial charge in [-0.2, -0.15) is 13.2 Å². The fourth-order valence-corrected chi connectivity index (χ4v) is 3.06. The van der Waals surface area contributed by atoms with Crippen LogP contribution in [-0.2, 0) is 10.9 Å². The van der Waals surface area contributed by atoms with E-state index < -0.39 is 70.7 Å². The van der Waals surface area contributed by atoms with Crippen LogP contribution in [0.2, 0.25) is 5.02 Å². The molecule has 0 bridgehead atoms. The highest BCUT2D eigenvalue weighted by Crippen LogP contribution is 2.39. The molecule has 1 aliphatic rings. The predicted octanol–water partition coefficient (Wildman–Crippen LogP) is 0.644. The Balaban J connectivity index is 1.97. The summed E-state index contributed by atoms with van der Waals surface area (Å²) in [6.45, 7) is -0.690. The van der Waals surface area contributed by atoms with Crippen LogP contribution in [0, 0.1) is 0 Å². The monoisotopic (exact) mass is 426 g/mol. The van der Waals surface area contributed by atoms with Crippen molar-refractivity contribution in [1.29, 1.82) is 0 Å². The van der Waals surface area contributed by atoms with Crippen LogP contribution in [0.3, 0.4) is 0 Å². The van der Waals surface area contributed by atoms with Crippen molar-refractivity contribution in [3.8, 4) is 5.75 Å². The molecule has 8 nitrogen and oxygen atoms in total. The van der Waals surface area contributed by atoms with E-state index in [1.165, 1.54) is 0 Å². The van der Waals surface area contributed by atoms with E-state index in [-0.39, 0.29) is 5.75 Å². The van der Waals surface area contributed by atoms with Crippen LogP contribution in [-0.4, -0.2) is 57.7 Å². The van der Waals surface area contributed by atoms with Gasteiger partial charge in [0.15, 0.2) is 0 Å². The van der Waals surface area contributed by atoms with E-state index in [1.807, 2.05) is 0 Å². The van der Waals surface area contributed by atoms with Crippen molar-refractivity contribution in [2.45, 2.75) is 36.9 Å². The van der Waals surface area contributed by atoms with Crippen LogP contribution >= 0.6 is 11.6 Å². The first-order valence-electron chi connectivity index (χ1n) is 7.85. The van der Waals surface area contributed by atoms with Crippen LogP contribution in [0.15, 0.2) is 27.4 Å². The van der Waals surface area contributed by atoms with Crippen molar-refractivity contribution in [2.75, 3.05) is 6.61 Å². The molecule has 2 aromatic rings. The number of rotatable bonds is 3. The minimum atomic E-state index is -4.91. The zero-order chi connectivity index (χ0) is 20.8. The molecule has 28 heavy (non-hydrogen) atoms. The quantitative estimate of drug-likeness (QED) is 0.526. The topological polar surface area (TPSA) is 130 Å². The fourth-order valence-electron chi connectivity index (χ4n) is 2.81. The number of halogens is 4. The lowest BCUT2D eigenvalue weighted by Gasteiger charge is -2.39. The second-order valence-electron chi connectivity index (χ2n) is 6.05. The number of hydrogen-bond donors (Lipinski definition) is 4. The van der Waals surface area contributed by atoms with Crippen molar-refractivity contribution in [1.82, 2.24) is 0 Å². The van der Waals surface area contributed by atoms with E-state index in [2.05, 4.69) is 0 Å². The van der Waals surface area contributed by atoms with E-state index in [4.69, 9.17) is 30.6 Å². The Bertz CT molecular complexity index is 928. The first-order chi connectivity index (χ1) is 13.0. The maximum Gasteiger partial charge on any atom is 0.418 e. The van der Waals surface area contributed by atoms with E-state index in [0.717, 1.165) is 18.2 Å². The standard InChI is InChI=1S/C16H14ClF3O8/c17-10-9(16(18,19)20)6-2-1-5(3-7(6)27-14(10)25)26-15-13(24)12(23)11(22)8(4-21)28-15/h1-3,8,11-13,15,21-24H,4H2/t8-,11+,12+,13-,15-/m1/s1. The number of ether oxygens (including phenoxy) is 2. The van der Waals surface area contributed by atoms with Crippen molar-refractivity contribution < 1.29 is 47.5 Å². The lowest BCUT2D eigenvalue weighted by Crippen LogP contribution is -2.60. The molecule has 12 heteroatoms.